The summed E-state index contributed by atoms with van der Waals surface area (Å²) in [5.41, 5.74) is 0. The van der Waals surface area contributed by atoms with E-state index < -0.39 is 0 Å². The number of benzene rings is 1. The minimum absolute atomic E-state index is 0.497. The van der Waals surface area contributed by atoms with E-state index in [0.29, 0.717) is 28.5 Å². The Kier molecular flexibility index (Phi) is 3.55. The van der Waals surface area contributed by atoms with Crippen molar-refractivity contribution < 1.29 is 9.47 Å². The van der Waals surface area contributed by atoms with Crippen LogP contribution in [0.1, 0.15) is 13.8 Å². The molecule has 1 atom stereocenters. The van der Waals surface area contributed by atoms with Crippen LogP contribution in [0, 0.1) is 5.92 Å². The third-order valence-electron chi connectivity index (χ3n) is 2.66. The molecule has 0 N–H and O–H groups in total. The molecule has 16 heavy (non-hydrogen) atoms. The molecular weight excluding hydrogens is 244 g/mol. The highest BCUT2D eigenvalue weighted by atomic mass is 35.5. The Morgan fingerprint density at radius 2 is 2.25 bits per heavy atom. The fourth-order valence-corrected chi connectivity index (χ4v) is 3.10. The first kappa shape index (κ1) is 11.9. The molecule has 2 rings (SSSR count). The molecule has 0 aliphatic carbocycles. The average Bonchev–Trinajstić information content (AvgIpc) is 2.29. The number of hydrogen-bond donors (Lipinski definition) is 0. The van der Waals surface area contributed by atoms with Crippen LogP contribution < -0.4 is 9.47 Å². The molecule has 1 heterocycles. The lowest BCUT2D eigenvalue weighted by atomic mass is 10.1. The topological polar surface area (TPSA) is 18.5 Å². The zero-order valence-corrected chi connectivity index (χ0v) is 11.2. The van der Waals surface area contributed by atoms with Crippen molar-refractivity contribution in [2.24, 2.45) is 5.92 Å². The minimum atomic E-state index is 0.497. The Morgan fingerprint density at radius 3 is 2.88 bits per heavy atom. The number of methoxy groups -OCH3 is 1. The summed E-state index contributed by atoms with van der Waals surface area (Å²) in [5.74, 6) is 2.03. The summed E-state index contributed by atoms with van der Waals surface area (Å²) in [5, 5.41) is 1.08. The Balaban J connectivity index is 2.31. The molecule has 0 fully saturated rings. The van der Waals surface area contributed by atoms with Crippen molar-refractivity contribution in [3.8, 4) is 11.5 Å². The summed E-state index contributed by atoms with van der Waals surface area (Å²) in [6, 6.07) is 3.90. The van der Waals surface area contributed by atoms with Crippen LogP contribution in [-0.4, -0.2) is 19.0 Å². The van der Waals surface area contributed by atoms with Gasteiger partial charge >= 0.3 is 0 Å². The number of halogens is 1. The van der Waals surface area contributed by atoms with Crippen LogP contribution >= 0.6 is 23.4 Å². The van der Waals surface area contributed by atoms with E-state index in [1.165, 1.54) is 0 Å². The molecule has 4 heteroatoms. The van der Waals surface area contributed by atoms with Gasteiger partial charge in [-0.25, -0.2) is 0 Å². The Hall–Kier alpha value is -0.540. The third-order valence-corrected chi connectivity index (χ3v) is 4.58. The highest BCUT2D eigenvalue weighted by molar-refractivity contribution is 8.00. The second kappa shape index (κ2) is 4.76. The van der Waals surface area contributed by atoms with Gasteiger partial charge in [0, 0.05) is 5.25 Å². The monoisotopic (exact) mass is 258 g/mol. The van der Waals surface area contributed by atoms with Crippen LogP contribution in [-0.2, 0) is 0 Å². The summed E-state index contributed by atoms with van der Waals surface area (Å²) in [7, 11) is 1.61. The molecular formula is C12H15ClO2S. The maximum atomic E-state index is 6.19. The lowest BCUT2D eigenvalue weighted by Crippen LogP contribution is -2.24. The third kappa shape index (κ3) is 2.11. The smallest absolute Gasteiger partial charge is 0.155 e. The first-order valence-electron chi connectivity index (χ1n) is 5.29. The van der Waals surface area contributed by atoms with E-state index in [-0.39, 0.29) is 0 Å². The minimum Gasteiger partial charge on any atom is -0.495 e. The zero-order valence-electron chi connectivity index (χ0n) is 9.62. The van der Waals surface area contributed by atoms with E-state index in [0.717, 1.165) is 10.6 Å². The zero-order chi connectivity index (χ0) is 11.7. The molecule has 1 aliphatic heterocycles. The Morgan fingerprint density at radius 1 is 1.50 bits per heavy atom. The molecule has 0 unspecified atom stereocenters. The maximum Gasteiger partial charge on any atom is 0.155 e. The van der Waals surface area contributed by atoms with Crippen LogP contribution in [0.3, 0.4) is 0 Å². The second-order valence-electron chi connectivity index (χ2n) is 4.12. The normalized spacial score (nSPS) is 19.2. The van der Waals surface area contributed by atoms with Crippen molar-refractivity contribution >= 4 is 23.4 Å². The van der Waals surface area contributed by atoms with E-state index in [9.17, 15) is 0 Å². The molecule has 1 aliphatic rings. The fourth-order valence-electron chi connectivity index (χ4n) is 1.60. The predicted octanol–water partition coefficient (Wildman–Crippen LogP) is 3.86. The molecule has 0 amide bonds. The highest BCUT2D eigenvalue weighted by Crippen LogP contribution is 2.46. The van der Waals surface area contributed by atoms with E-state index in [1.54, 1.807) is 7.11 Å². The molecule has 0 saturated heterocycles. The van der Waals surface area contributed by atoms with Crippen molar-refractivity contribution in [3.63, 3.8) is 0 Å². The van der Waals surface area contributed by atoms with Crippen molar-refractivity contribution in [1.82, 2.24) is 0 Å². The van der Waals surface area contributed by atoms with Crippen LogP contribution in [0.25, 0.3) is 0 Å². The van der Waals surface area contributed by atoms with E-state index >= 15 is 0 Å². The quantitative estimate of drug-likeness (QED) is 0.803. The molecule has 0 bridgehead atoms. The number of thioether (sulfide) groups is 1. The van der Waals surface area contributed by atoms with Gasteiger partial charge in [-0.2, -0.15) is 0 Å². The second-order valence-corrected chi connectivity index (χ2v) is 5.78. The number of ether oxygens (including phenoxy) is 2. The first-order chi connectivity index (χ1) is 7.63. The van der Waals surface area contributed by atoms with Gasteiger partial charge in [-0.3, -0.25) is 0 Å². The van der Waals surface area contributed by atoms with Crippen LogP contribution in [0.5, 0.6) is 11.5 Å². The first-order valence-corrected chi connectivity index (χ1v) is 6.55. The highest BCUT2D eigenvalue weighted by Gasteiger charge is 2.26. The number of rotatable bonds is 2. The summed E-state index contributed by atoms with van der Waals surface area (Å²) in [4.78, 5) is 1.11. The molecule has 0 spiro atoms. The number of fused-ring (bicyclic) bond motifs is 1. The van der Waals surface area contributed by atoms with Crippen molar-refractivity contribution in [1.29, 1.82) is 0 Å². The summed E-state index contributed by atoms with van der Waals surface area (Å²) in [6.45, 7) is 5.12. The maximum absolute atomic E-state index is 6.19. The molecule has 88 valence electrons. The SMILES string of the molecule is COc1ccc2c(c1Cl)OC[C@H](C(C)C)S2. The van der Waals surface area contributed by atoms with Gasteiger partial charge in [0.15, 0.2) is 5.75 Å². The van der Waals surface area contributed by atoms with Gasteiger partial charge in [-0.15, -0.1) is 11.8 Å². The molecule has 0 aromatic heterocycles. The summed E-state index contributed by atoms with van der Waals surface area (Å²) in [6.07, 6.45) is 0. The van der Waals surface area contributed by atoms with Gasteiger partial charge in [-0.05, 0) is 18.1 Å². The molecule has 0 radical (unpaired) electrons. The van der Waals surface area contributed by atoms with E-state index in [4.69, 9.17) is 21.1 Å². The number of hydrogen-bond acceptors (Lipinski definition) is 3. The molecule has 1 aromatic rings. The van der Waals surface area contributed by atoms with Crippen molar-refractivity contribution in [2.45, 2.75) is 24.0 Å². The van der Waals surface area contributed by atoms with Crippen LogP contribution in [0.15, 0.2) is 17.0 Å². The summed E-state index contributed by atoms with van der Waals surface area (Å²) >= 11 is 8.02. The fraction of sp³-hybridized carbons (Fsp3) is 0.500. The van der Waals surface area contributed by atoms with Crippen molar-refractivity contribution in [2.75, 3.05) is 13.7 Å². The largest absolute Gasteiger partial charge is 0.495 e. The van der Waals surface area contributed by atoms with E-state index in [1.807, 2.05) is 23.9 Å². The van der Waals surface area contributed by atoms with Crippen molar-refractivity contribution in [3.05, 3.63) is 17.2 Å². The standard InChI is InChI=1S/C12H15ClO2S/c1-7(2)10-6-15-12-9(16-10)5-4-8(14-3)11(12)13/h4-5,7,10H,6H2,1-3H3/t10-/m1/s1. The molecule has 0 saturated carbocycles. The van der Waals surface area contributed by atoms with Gasteiger partial charge in [0.25, 0.3) is 0 Å². The molecule has 2 nitrogen and oxygen atoms in total. The van der Waals surface area contributed by atoms with Gasteiger partial charge in [-0.1, -0.05) is 25.4 Å². The Labute approximate surface area is 105 Å². The lowest BCUT2D eigenvalue weighted by Gasteiger charge is -2.28. The van der Waals surface area contributed by atoms with Crippen LogP contribution in [0.2, 0.25) is 5.02 Å². The van der Waals surface area contributed by atoms with Gasteiger partial charge in [0.1, 0.15) is 17.4 Å². The average molecular weight is 259 g/mol. The lowest BCUT2D eigenvalue weighted by molar-refractivity contribution is 0.280. The summed E-state index contributed by atoms with van der Waals surface area (Å²) < 4.78 is 10.9. The van der Waals surface area contributed by atoms with Gasteiger partial charge < -0.3 is 9.47 Å². The van der Waals surface area contributed by atoms with Gasteiger partial charge in [0.2, 0.25) is 0 Å². The van der Waals surface area contributed by atoms with Gasteiger partial charge in [0.05, 0.1) is 12.0 Å². The predicted molar refractivity (Wildman–Crippen MR) is 68.0 cm³/mol. The molecule has 1 aromatic carbocycles. The van der Waals surface area contributed by atoms with E-state index in [2.05, 4.69) is 13.8 Å². The Bertz CT molecular complexity index is 393. The van der Waals surface area contributed by atoms with Crippen LogP contribution in [0.4, 0.5) is 0 Å².